The number of nitrogens with zero attached hydrogens (tertiary/aromatic N) is 2. The summed E-state index contributed by atoms with van der Waals surface area (Å²) in [5.41, 5.74) is -0.0760. The molecule has 1 aromatic heterocycles. The van der Waals surface area contributed by atoms with Crippen molar-refractivity contribution in [3.05, 3.63) is 24.0 Å². The van der Waals surface area contributed by atoms with E-state index in [0.717, 1.165) is 25.7 Å². The van der Waals surface area contributed by atoms with E-state index in [2.05, 4.69) is 4.98 Å². The second-order valence-corrected chi connectivity index (χ2v) is 6.01. The van der Waals surface area contributed by atoms with Crippen LogP contribution in [-0.2, 0) is 4.74 Å². The molecule has 1 aliphatic heterocycles. The van der Waals surface area contributed by atoms with Gasteiger partial charge in [0.15, 0.2) is 18.1 Å². The monoisotopic (exact) mass is 344 g/mol. The lowest BCUT2D eigenvalue weighted by molar-refractivity contribution is -0.153. The Bertz CT molecular complexity index is 592. The Labute approximate surface area is 137 Å². The lowest BCUT2D eigenvalue weighted by Crippen LogP contribution is -2.55. The van der Waals surface area contributed by atoms with Crippen LogP contribution in [0.3, 0.4) is 0 Å². The number of fused-ring (bicyclic) bond motifs is 1. The van der Waals surface area contributed by atoms with Crippen LogP contribution in [0.15, 0.2) is 18.3 Å². The first-order valence-electron chi connectivity index (χ1n) is 8.03. The number of ether oxygens (including phenoxy) is 2. The minimum Gasteiger partial charge on any atom is -0.482 e. The third-order valence-corrected chi connectivity index (χ3v) is 4.36. The molecule has 0 radical (unpaired) electrons. The Balaban J connectivity index is 1.79. The quantitative estimate of drug-likeness (QED) is 0.846. The fourth-order valence-corrected chi connectivity index (χ4v) is 3.31. The van der Waals surface area contributed by atoms with E-state index in [1.165, 1.54) is 18.3 Å². The standard InChI is InChI=1S/C16H19F3N2O3/c17-16(18,19)10-24-13-6-3-7-20-14(13)15(22)21-8-9-23-12-5-2-1-4-11(12)21/h3,6-7,11-12H,1-2,4-5,8-10H2/t11-,12-/m0/s1. The van der Waals surface area contributed by atoms with Gasteiger partial charge in [-0.25, -0.2) is 4.98 Å². The number of aromatic nitrogens is 1. The highest BCUT2D eigenvalue weighted by Crippen LogP contribution is 2.30. The Hall–Kier alpha value is -1.83. The van der Waals surface area contributed by atoms with Gasteiger partial charge < -0.3 is 14.4 Å². The van der Waals surface area contributed by atoms with E-state index in [1.807, 2.05) is 0 Å². The van der Waals surface area contributed by atoms with Gasteiger partial charge >= 0.3 is 6.18 Å². The molecule has 0 spiro atoms. The van der Waals surface area contributed by atoms with Gasteiger partial charge in [-0.3, -0.25) is 4.79 Å². The first kappa shape index (κ1) is 17.0. The number of hydrogen-bond acceptors (Lipinski definition) is 4. The van der Waals surface area contributed by atoms with E-state index in [-0.39, 0.29) is 23.6 Å². The maximum Gasteiger partial charge on any atom is 0.422 e. The highest BCUT2D eigenvalue weighted by atomic mass is 19.4. The molecule has 1 saturated heterocycles. The second-order valence-electron chi connectivity index (χ2n) is 6.01. The molecule has 0 N–H and O–H groups in total. The number of carbonyl (C=O) groups is 1. The summed E-state index contributed by atoms with van der Waals surface area (Å²) in [6.45, 7) is -0.609. The molecular formula is C16H19F3N2O3. The van der Waals surface area contributed by atoms with Crippen LogP contribution in [0, 0.1) is 0 Å². The number of halogens is 3. The van der Waals surface area contributed by atoms with Crippen LogP contribution in [0.5, 0.6) is 5.75 Å². The number of alkyl halides is 3. The van der Waals surface area contributed by atoms with E-state index in [1.54, 1.807) is 4.90 Å². The van der Waals surface area contributed by atoms with Crippen molar-refractivity contribution in [2.45, 2.75) is 44.0 Å². The van der Waals surface area contributed by atoms with Crippen molar-refractivity contribution >= 4 is 5.91 Å². The molecule has 24 heavy (non-hydrogen) atoms. The van der Waals surface area contributed by atoms with Crippen molar-refractivity contribution in [3.63, 3.8) is 0 Å². The van der Waals surface area contributed by atoms with Crippen LogP contribution in [0.25, 0.3) is 0 Å². The molecule has 0 bridgehead atoms. The minimum absolute atomic E-state index is 0.000272. The summed E-state index contributed by atoms with van der Waals surface area (Å²) in [6.07, 6.45) is 0.715. The van der Waals surface area contributed by atoms with Crippen LogP contribution in [0.1, 0.15) is 36.2 Å². The van der Waals surface area contributed by atoms with Gasteiger partial charge in [-0.05, 0) is 25.0 Å². The molecule has 1 saturated carbocycles. The summed E-state index contributed by atoms with van der Waals surface area (Å²) in [5.74, 6) is -0.536. The maximum atomic E-state index is 12.8. The third-order valence-electron chi connectivity index (χ3n) is 4.36. The van der Waals surface area contributed by atoms with Crippen molar-refractivity contribution in [2.75, 3.05) is 19.8 Å². The molecule has 2 atom stereocenters. The van der Waals surface area contributed by atoms with E-state index < -0.39 is 18.7 Å². The Morgan fingerprint density at radius 2 is 2.17 bits per heavy atom. The zero-order chi connectivity index (χ0) is 17.2. The molecule has 2 fully saturated rings. The summed E-state index contributed by atoms with van der Waals surface area (Å²) >= 11 is 0. The summed E-state index contributed by atoms with van der Waals surface area (Å²) < 4.78 is 47.7. The van der Waals surface area contributed by atoms with Crippen molar-refractivity contribution in [1.29, 1.82) is 0 Å². The normalized spacial score (nSPS) is 24.4. The number of amides is 1. The molecule has 2 aliphatic rings. The predicted molar refractivity (Wildman–Crippen MR) is 78.8 cm³/mol. The third kappa shape index (κ3) is 3.80. The maximum absolute atomic E-state index is 12.8. The molecule has 2 heterocycles. The molecular weight excluding hydrogens is 325 g/mol. The van der Waals surface area contributed by atoms with Gasteiger partial charge in [0, 0.05) is 12.7 Å². The average Bonchev–Trinajstić information content (AvgIpc) is 2.58. The molecule has 3 rings (SSSR count). The molecule has 1 aromatic rings. The smallest absolute Gasteiger partial charge is 0.422 e. The number of morpholine rings is 1. The van der Waals surface area contributed by atoms with Crippen molar-refractivity contribution in [2.24, 2.45) is 0 Å². The lowest BCUT2D eigenvalue weighted by Gasteiger charge is -2.43. The number of carbonyl (C=O) groups excluding carboxylic acids is 1. The SMILES string of the molecule is O=C(c1ncccc1OCC(F)(F)F)N1CCO[C@H]2CCCC[C@@H]21. The topological polar surface area (TPSA) is 51.7 Å². The summed E-state index contributed by atoms with van der Waals surface area (Å²) in [6, 6.07) is 2.74. The fraction of sp³-hybridized carbons (Fsp3) is 0.625. The lowest BCUT2D eigenvalue weighted by atomic mass is 9.90. The van der Waals surface area contributed by atoms with Crippen molar-refractivity contribution < 1.29 is 27.4 Å². The van der Waals surface area contributed by atoms with Crippen LogP contribution in [0.2, 0.25) is 0 Å². The van der Waals surface area contributed by atoms with Crippen LogP contribution < -0.4 is 4.74 Å². The van der Waals surface area contributed by atoms with Crippen LogP contribution >= 0.6 is 0 Å². The predicted octanol–water partition coefficient (Wildman–Crippen LogP) is 2.81. The van der Waals surface area contributed by atoms with Crippen molar-refractivity contribution in [1.82, 2.24) is 9.88 Å². The van der Waals surface area contributed by atoms with Gasteiger partial charge in [0.1, 0.15) is 0 Å². The largest absolute Gasteiger partial charge is 0.482 e. The summed E-state index contributed by atoms with van der Waals surface area (Å²) in [4.78, 5) is 18.5. The molecule has 0 unspecified atom stereocenters. The number of rotatable bonds is 3. The number of hydrogen-bond donors (Lipinski definition) is 0. The zero-order valence-electron chi connectivity index (χ0n) is 13.1. The summed E-state index contributed by atoms with van der Waals surface area (Å²) in [5, 5.41) is 0. The van der Waals surface area contributed by atoms with Crippen LogP contribution in [0.4, 0.5) is 13.2 Å². The highest BCUT2D eigenvalue weighted by Gasteiger charge is 2.38. The Morgan fingerprint density at radius 1 is 1.38 bits per heavy atom. The van der Waals surface area contributed by atoms with E-state index >= 15 is 0 Å². The molecule has 0 aromatic carbocycles. The second kappa shape index (κ2) is 6.96. The van der Waals surface area contributed by atoms with E-state index in [9.17, 15) is 18.0 Å². The van der Waals surface area contributed by atoms with Gasteiger partial charge in [-0.1, -0.05) is 12.8 Å². The molecule has 1 aliphatic carbocycles. The van der Waals surface area contributed by atoms with Crippen molar-refractivity contribution in [3.8, 4) is 5.75 Å². The van der Waals surface area contributed by atoms with Gasteiger partial charge in [-0.2, -0.15) is 13.2 Å². The molecule has 5 nitrogen and oxygen atoms in total. The first-order valence-corrected chi connectivity index (χ1v) is 8.03. The molecule has 132 valence electrons. The van der Waals surface area contributed by atoms with Gasteiger partial charge in [0.05, 0.1) is 18.8 Å². The van der Waals surface area contributed by atoms with E-state index in [4.69, 9.17) is 9.47 Å². The molecule has 8 heteroatoms. The minimum atomic E-state index is -4.47. The molecule has 1 amide bonds. The Kier molecular flexibility index (Phi) is 4.93. The Morgan fingerprint density at radius 3 is 2.96 bits per heavy atom. The first-order chi connectivity index (χ1) is 11.5. The van der Waals surface area contributed by atoms with Gasteiger partial charge in [0.2, 0.25) is 0 Å². The zero-order valence-corrected chi connectivity index (χ0v) is 13.1. The number of pyridine rings is 1. The van der Waals surface area contributed by atoms with Crippen LogP contribution in [-0.4, -0.2) is 53.9 Å². The fourth-order valence-electron chi connectivity index (χ4n) is 3.31. The van der Waals surface area contributed by atoms with Gasteiger partial charge in [0.25, 0.3) is 5.91 Å². The summed E-state index contributed by atoms with van der Waals surface area (Å²) in [7, 11) is 0. The van der Waals surface area contributed by atoms with E-state index in [0.29, 0.717) is 13.2 Å². The van der Waals surface area contributed by atoms with Gasteiger partial charge in [-0.15, -0.1) is 0 Å². The average molecular weight is 344 g/mol. The highest BCUT2D eigenvalue weighted by molar-refractivity contribution is 5.95.